The van der Waals surface area contributed by atoms with Gasteiger partial charge in [0.2, 0.25) is 5.95 Å². The van der Waals surface area contributed by atoms with E-state index in [-0.39, 0.29) is 17.5 Å². The minimum Gasteiger partial charge on any atom is -0.385 e. The summed E-state index contributed by atoms with van der Waals surface area (Å²) >= 11 is 0. The molecule has 2 rings (SSSR count). The molecule has 0 aromatic carbocycles. The number of imidazole rings is 1. The zero-order valence-electron chi connectivity index (χ0n) is 11.2. The Hall–Kier alpha value is -1.08. The number of nitrogens with zero attached hydrogens (tertiary/aromatic N) is 2. The molecule has 1 N–H and O–H groups in total. The molecule has 0 saturated carbocycles. The lowest BCUT2D eigenvalue weighted by Crippen LogP contribution is -2.33. The Morgan fingerprint density at radius 3 is 2.89 bits per heavy atom. The topological polar surface area (TPSA) is 73.2 Å². The molecule has 0 aliphatic carbocycles. The summed E-state index contributed by atoms with van der Waals surface area (Å²) in [5.41, 5.74) is 0. The van der Waals surface area contributed by atoms with Crippen molar-refractivity contribution in [1.82, 2.24) is 9.55 Å². The average Bonchev–Trinajstić information content (AvgIpc) is 2.80. The minimum absolute atomic E-state index is 0.201. The van der Waals surface area contributed by atoms with Crippen molar-refractivity contribution in [3.63, 3.8) is 0 Å². The summed E-state index contributed by atoms with van der Waals surface area (Å²) in [4.78, 5) is 4.29. The van der Waals surface area contributed by atoms with E-state index in [2.05, 4.69) is 10.3 Å². The zero-order chi connectivity index (χ0) is 13.7. The second-order valence-corrected chi connectivity index (χ2v) is 7.16. The van der Waals surface area contributed by atoms with Gasteiger partial charge in [-0.15, -0.1) is 0 Å². The van der Waals surface area contributed by atoms with Crippen LogP contribution < -0.4 is 5.32 Å². The van der Waals surface area contributed by atoms with Crippen LogP contribution in [0.25, 0.3) is 0 Å². The summed E-state index contributed by atoms with van der Waals surface area (Å²) in [5.74, 6) is 1.37. The van der Waals surface area contributed by atoms with E-state index in [0.717, 1.165) is 25.5 Å². The predicted molar refractivity (Wildman–Crippen MR) is 74.0 cm³/mol. The number of methoxy groups -OCH3 is 1. The molecule has 108 valence electrons. The quantitative estimate of drug-likeness (QED) is 0.787. The van der Waals surface area contributed by atoms with Gasteiger partial charge < -0.3 is 14.6 Å². The molecule has 0 atom stereocenters. The average molecular weight is 287 g/mol. The van der Waals surface area contributed by atoms with Crippen molar-refractivity contribution >= 4 is 15.8 Å². The molecule has 0 amide bonds. The van der Waals surface area contributed by atoms with E-state index in [1.165, 1.54) is 0 Å². The Kier molecular flexibility index (Phi) is 4.81. The largest absolute Gasteiger partial charge is 0.385 e. The molecule has 1 saturated heterocycles. The second kappa shape index (κ2) is 6.38. The number of hydrogen-bond acceptors (Lipinski definition) is 5. The van der Waals surface area contributed by atoms with Crippen LogP contribution in [0.4, 0.5) is 5.95 Å². The molecular weight excluding hydrogens is 266 g/mol. The first kappa shape index (κ1) is 14.3. The monoisotopic (exact) mass is 287 g/mol. The number of hydrogen-bond donors (Lipinski definition) is 1. The Morgan fingerprint density at radius 1 is 1.47 bits per heavy atom. The minimum atomic E-state index is -2.81. The third-order valence-electron chi connectivity index (χ3n) is 3.35. The van der Waals surface area contributed by atoms with Gasteiger partial charge in [0.15, 0.2) is 0 Å². The van der Waals surface area contributed by atoms with Crippen LogP contribution in [0.3, 0.4) is 0 Å². The normalized spacial score (nSPS) is 19.4. The van der Waals surface area contributed by atoms with Gasteiger partial charge in [0.25, 0.3) is 0 Å². The summed E-state index contributed by atoms with van der Waals surface area (Å²) in [5, 5.41) is 3.34. The number of aryl methyl sites for hydroxylation is 1. The van der Waals surface area contributed by atoms with Gasteiger partial charge in [-0.25, -0.2) is 13.4 Å². The Balaban J connectivity index is 1.87. The zero-order valence-corrected chi connectivity index (χ0v) is 12.0. The molecule has 1 aromatic heterocycles. The first-order valence-electron chi connectivity index (χ1n) is 6.58. The molecule has 0 unspecified atom stereocenters. The highest BCUT2D eigenvalue weighted by Gasteiger charge is 2.24. The fourth-order valence-electron chi connectivity index (χ4n) is 2.23. The van der Waals surface area contributed by atoms with Gasteiger partial charge in [0, 0.05) is 38.7 Å². The van der Waals surface area contributed by atoms with E-state index in [1.807, 2.05) is 10.8 Å². The fourth-order valence-corrected chi connectivity index (χ4v) is 3.72. The van der Waals surface area contributed by atoms with Crippen LogP contribution in [0, 0.1) is 0 Å². The lowest BCUT2D eigenvalue weighted by atomic mass is 10.2. The molecular formula is C12H21N3O3S. The fraction of sp³-hybridized carbons (Fsp3) is 0.750. The Morgan fingerprint density at radius 2 is 2.21 bits per heavy atom. The van der Waals surface area contributed by atoms with Crippen LogP contribution >= 0.6 is 0 Å². The van der Waals surface area contributed by atoms with Crippen LogP contribution in [0.15, 0.2) is 12.4 Å². The summed E-state index contributed by atoms with van der Waals surface area (Å²) in [6, 6.07) is 0.201. The SMILES string of the molecule is COCCCn1ccnc1NC1CCS(=O)(=O)CC1. The molecule has 0 bridgehead atoms. The van der Waals surface area contributed by atoms with Crippen molar-refractivity contribution in [2.75, 3.05) is 30.5 Å². The number of aromatic nitrogens is 2. The van der Waals surface area contributed by atoms with E-state index in [0.29, 0.717) is 12.8 Å². The highest BCUT2D eigenvalue weighted by atomic mass is 32.2. The van der Waals surface area contributed by atoms with Gasteiger partial charge >= 0.3 is 0 Å². The van der Waals surface area contributed by atoms with Gasteiger partial charge in [0.05, 0.1) is 11.5 Å². The molecule has 0 spiro atoms. The van der Waals surface area contributed by atoms with Crippen LogP contribution in [-0.2, 0) is 21.1 Å². The van der Waals surface area contributed by atoms with Crippen LogP contribution in [-0.4, -0.2) is 49.2 Å². The summed E-state index contributed by atoms with van der Waals surface area (Å²) in [7, 11) is -1.12. The summed E-state index contributed by atoms with van der Waals surface area (Å²) in [6.07, 6.45) is 5.94. The molecule has 1 aromatic rings. The van der Waals surface area contributed by atoms with Crippen molar-refractivity contribution in [3.05, 3.63) is 12.4 Å². The molecule has 6 nitrogen and oxygen atoms in total. The number of ether oxygens (including phenoxy) is 1. The first-order chi connectivity index (χ1) is 9.11. The van der Waals surface area contributed by atoms with E-state index in [4.69, 9.17) is 4.74 Å². The van der Waals surface area contributed by atoms with E-state index in [9.17, 15) is 8.42 Å². The van der Waals surface area contributed by atoms with Crippen LogP contribution in [0.1, 0.15) is 19.3 Å². The van der Waals surface area contributed by atoms with E-state index < -0.39 is 9.84 Å². The molecule has 2 heterocycles. The third-order valence-corrected chi connectivity index (χ3v) is 5.07. The molecule has 7 heteroatoms. The highest BCUT2D eigenvalue weighted by molar-refractivity contribution is 7.91. The lowest BCUT2D eigenvalue weighted by molar-refractivity contribution is 0.190. The first-order valence-corrected chi connectivity index (χ1v) is 8.40. The Bertz CT molecular complexity index is 484. The highest BCUT2D eigenvalue weighted by Crippen LogP contribution is 2.17. The summed E-state index contributed by atoms with van der Waals surface area (Å²) in [6.45, 7) is 1.57. The van der Waals surface area contributed by atoms with Crippen LogP contribution in [0.2, 0.25) is 0 Å². The van der Waals surface area contributed by atoms with Gasteiger partial charge in [0.1, 0.15) is 9.84 Å². The van der Waals surface area contributed by atoms with Crippen molar-refractivity contribution in [2.45, 2.75) is 31.8 Å². The maximum atomic E-state index is 11.4. The maximum Gasteiger partial charge on any atom is 0.202 e. The van der Waals surface area contributed by atoms with Crippen molar-refractivity contribution < 1.29 is 13.2 Å². The number of nitrogens with one attached hydrogen (secondary N) is 1. The number of anilines is 1. The van der Waals surface area contributed by atoms with Crippen LogP contribution in [0.5, 0.6) is 0 Å². The maximum absolute atomic E-state index is 11.4. The van der Waals surface area contributed by atoms with Gasteiger partial charge in [-0.3, -0.25) is 0 Å². The molecule has 0 radical (unpaired) electrons. The third kappa shape index (κ3) is 4.21. The van der Waals surface area contributed by atoms with Crippen molar-refractivity contribution in [2.24, 2.45) is 0 Å². The number of rotatable bonds is 6. The summed E-state index contributed by atoms with van der Waals surface area (Å²) < 4.78 is 29.8. The van der Waals surface area contributed by atoms with Gasteiger partial charge in [-0.1, -0.05) is 0 Å². The smallest absolute Gasteiger partial charge is 0.202 e. The molecule has 1 aliphatic rings. The molecule has 1 fully saturated rings. The standard InChI is InChI=1S/C12H21N3O3S/c1-18-8-2-6-15-7-5-13-12(15)14-11-3-9-19(16,17)10-4-11/h5,7,11H,2-4,6,8-10H2,1H3,(H,13,14). The van der Waals surface area contributed by atoms with Gasteiger partial charge in [-0.05, 0) is 19.3 Å². The van der Waals surface area contributed by atoms with Gasteiger partial charge in [-0.2, -0.15) is 0 Å². The molecule has 1 aliphatic heterocycles. The van der Waals surface area contributed by atoms with Crippen molar-refractivity contribution in [1.29, 1.82) is 0 Å². The van der Waals surface area contributed by atoms with Crippen molar-refractivity contribution in [3.8, 4) is 0 Å². The lowest BCUT2D eigenvalue weighted by Gasteiger charge is -2.23. The van der Waals surface area contributed by atoms with E-state index in [1.54, 1.807) is 13.3 Å². The number of sulfone groups is 1. The predicted octanol–water partition coefficient (Wildman–Crippen LogP) is 0.909. The molecule has 19 heavy (non-hydrogen) atoms. The second-order valence-electron chi connectivity index (χ2n) is 4.86. The Labute approximate surface area is 114 Å². The van der Waals surface area contributed by atoms with E-state index >= 15 is 0 Å².